The highest BCUT2D eigenvalue weighted by Gasteiger charge is 2.32. The van der Waals surface area contributed by atoms with Crippen LogP contribution >= 0.6 is 0 Å². The number of rotatable bonds is 5. The van der Waals surface area contributed by atoms with Crippen LogP contribution in [0.15, 0.2) is 53.4 Å². The van der Waals surface area contributed by atoms with Gasteiger partial charge in [-0.05, 0) is 49.2 Å². The van der Waals surface area contributed by atoms with Crippen molar-refractivity contribution in [1.82, 2.24) is 25.1 Å². The molecule has 5 heterocycles. The molecule has 0 aromatic carbocycles. The Morgan fingerprint density at radius 1 is 1.28 bits per heavy atom. The van der Waals surface area contributed by atoms with E-state index in [0.29, 0.717) is 46.7 Å². The van der Waals surface area contributed by atoms with Crippen LogP contribution in [-0.2, 0) is 16.4 Å². The van der Waals surface area contributed by atoms with Gasteiger partial charge in [-0.2, -0.15) is 5.10 Å². The van der Waals surface area contributed by atoms with E-state index >= 15 is 0 Å². The summed E-state index contributed by atoms with van der Waals surface area (Å²) in [6.45, 7) is 2.14. The number of nitrogens with zero attached hydrogens (tertiary/aromatic N) is 4. The SMILES string of the molecule is Cc1nn([C@H]2CCS(=O)(=O)C2)c2nc(-c3ccco3)cc(C(=O)NCc3ccncc3)c12. The highest BCUT2D eigenvalue weighted by atomic mass is 32.2. The lowest BCUT2D eigenvalue weighted by Gasteiger charge is -2.12. The van der Waals surface area contributed by atoms with Gasteiger partial charge in [0.15, 0.2) is 21.2 Å². The molecule has 0 saturated carbocycles. The Morgan fingerprint density at radius 2 is 2.09 bits per heavy atom. The Balaban J connectivity index is 1.60. The molecule has 0 unspecified atom stereocenters. The molecule has 4 aromatic rings. The van der Waals surface area contributed by atoms with Crippen LogP contribution in [0.2, 0.25) is 0 Å². The predicted octanol–water partition coefficient (Wildman–Crippen LogP) is 2.68. The number of furan rings is 1. The summed E-state index contributed by atoms with van der Waals surface area (Å²) in [4.78, 5) is 21.9. The van der Waals surface area contributed by atoms with Gasteiger partial charge in [-0.15, -0.1) is 0 Å². The number of pyridine rings is 2. The average molecular weight is 452 g/mol. The van der Waals surface area contributed by atoms with Crippen LogP contribution < -0.4 is 5.32 Å². The van der Waals surface area contributed by atoms with E-state index in [1.165, 1.54) is 6.26 Å². The number of sulfone groups is 1. The third-order valence-electron chi connectivity index (χ3n) is 5.61. The summed E-state index contributed by atoms with van der Waals surface area (Å²) in [5, 5.41) is 8.14. The minimum Gasteiger partial charge on any atom is -0.463 e. The monoisotopic (exact) mass is 451 g/mol. The van der Waals surface area contributed by atoms with Crippen LogP contribution in [0.1, 0.15) is 34.1 Å². The molecule has 10 heteroatoms. The average Bonchev–Trinajstić information content (AvgIpc) is 3.51. The molecule has 164 valence electrons. The van der Waals surface area contributed by atoms with Gasteiger partial charge >= 0.3 is 0 Å². The summed E-state index contributed by atoms with van der Waals surface area (Å²) >= 11 is 0. The first-order valence-electron chi connectivity index (χ1n) is 10.2. The molecule has 5 rings (SSSR count). The fraction of sp³-hybridized carbons (Fsp3) is 0.273. The highest BCUT2D eigenvalue weighted by Crippen LogP contribution is 2.32. The minimum absolute atomic E-state index is 0.0133. The topological polar surface area (TPSA) is 120 Å². The fourth-order valence-electron chi connectivity index (χ4n) is 4.04. The molecule has 1 amide bonds. The van der Waals surface area contributed by atoms with Gasteiger partial charge in [0, 0.05) is 18.9 Å². The number of hydrogen-bond acceptors (Lipinski definition) is 7. The van der Waals surface area contributed by atoms with E-state index in [1.807, 2.05) is 12.1 Å². The molecule has 1 aliphatic rings. The van der Waals surface area contributed by atoms with Gasteiger partial charge in [-0.25, -0.2) is 18.1 Å². The van der Waals surface area contributed by atoms with Crippen molar-refractivity contribution < 1.29 is 17.6 Å². The number of aromatic nitrogens is 4. The molecule has 0 radical (unpaired) electrons. The summed E-state index contributed by atoms with van der Waals surface area (Å²) in [5.74, 6) is 0.373. The quantitative estimate of drug-likeness (QED) is 0.495. The molecule has 9 nitrogen and oxygen atoms in total. The summed E-state index contributed by atoms with van der Waals surface area (Å²) in [6.07, 6.45) is 5.35. The lowest BCUT2D eigenvalue weighted by Crippen LogP contribution is -2.23. The number of nitrogens with one attached hydrogen (secondary N) is 1. The summed E-state index contributed by atoms with van der Waals surface area (Å²) < 4.78 is 31.3. The van der Waals surface area contributed by atoms with Crippen LogP contribution in [0.25, 0.3) is 22.5 Å². The Hall–Kier alpha value is -3.53. The van der Waals surface area contributed by atoms with E-state index in [0.717, 1.165) is 5.56 Å². The zero-order valence-electron chi connectivity index (χ0n) is 17.4. The number of carbonyl (C=O) groups excluding carboxylic acids is 1. The van der Waals surface area contributed by atoms with Gasteiger partial charge < -0.3 is 9.73 Å². The minimum atomic E-state index is -3.11. The van der Waals surface area contributed by atoms with E-state index in [9.17, 15) is 13.2 Å². The molecule has 1 N–H and O–H groups in total. The van der Waals surface area contributed by atoms with Crippen molar-refractivity contribution in [2.45, 2.75) is 25.9 Å². The van der Waals surface area contributed by atoms with Gasteiger partial charge in [0.1, 0.15) is 5.69 Å². The number of carbonyl (C=O) groups is 1. The van der Waals surface area contributed by atoms with E-state index in [-0.39, 0.29) is 23.5 Å². The van der Waals surface area contributed by atoms with Gasteiger partial charge in [0.25, 0.3) is 5.91 Å². The normalized spacial score (nSPS) is 17.6. The van der Waals surface area contributed by atoms with Crippen molar-refractivity contribution >= 4 is 26.8 Å². The van der Waals surface area contributed by atoms with Crippen molar-refractivity contribution in [3.63, 3.8) is 0 Å². The van der Waals surface area contributed by atoms with Crippen LogP contribution in [-0.4, -0.2) is 45.6 Å². The van der Waals surface area contributed by atoms with Crippen LogP contribution in [0.5, 0.6) is 0 Å². The van der Waals surface area contributed by atoms with E-state index in [2.05, 4.69) is 15.4 Å². The van der Waals surface area contributed by atoms with Gasteiger partial charge in [-0.1, -0.05) is 0 Å². The van der Waals surface area contributed by atoms with E-state index in [4.69, 9.17) is 9.40 Å². The number of hydrogen-bond donors (Lipinski definition) is 1. The van der Waals surface area contributed by atoms with Crippen molar-refractivity contribution in [3.05, 3.63) is 65.8 Å². The second-order valence-electron chi connectivity index (χ2n) is 7.86. The summed E-state index contributed by atoms with van der Waals surface area (Å²) in [6, 6.07) is 8.55. The van der Waals surface area contributed by atoms with E-state index in [1.54, 1.807) is 42.2 Å². The first kappa shape index (κ1) is 20.4. The molecule has 1 aliphatic heterocycles. The van der Waals surface area contributed by atoms with Crippen molar-refractivity contribution in [1.29, 1.82) is 0 Å². The van der Waals surface area contributed by atoms with Crippen molar-refractivity contribution in [2.75, 3.05) is 11.5 Å². The number of amides is 1. The molecule has 4 aromatic heterocycles. The molecule has 1 fully saturated rings. The summed E-state index contributed by atoms with van der Waals surface area (Å²) in [7, 11) is -3.11. The standard InChI is InChI=1S/C22H21N5O4S/c1-14-20-17(22(28)24-12-15-4-7-23-8-5-15)11-18(19-3-2-9-31-19)25-21(20)27(26-14)16-6-10-32(29,30)13-16/h2-5,7-9,11,16H,6,10,12-13H2,1H3,(H,24,28)/t16-/m0/s1. The number of fused-ring (bicyclic) bond motifs is 1. The van der Waals surface area contributed by atoms with Crippen LogP contribution in [0.3, 0.4) is 0 Å². The summed E-state index contributed by atoms with van der Waals surface area (Å²) in [5.41, 5.74) is 2.93. The van der Waals surface area contributed by atoms with Crippen LogP contribution in [0, 0.1) is 6.92 Å². The smallest absolute Gasteiger partial charge is 0.252 e. The van der Waals surface area contributed by atoms with Crippen LogP contribution in [0.4, 0.5) is 0 Å². The Morgan fingerprint density at radius 3 is 2.78 bits per heavy atom. The molecule has 1 saturated heterocycles. The molecule has 32 heavy (non-hydrogen) atoms. The Kier molecular flexibility index (Phi) is 5.01. The Labute approximate surface area is 184 Å². The molecular formula is C22H21N5O4S. The molecule has 0 spiro atoms. The highest BCUT2D eigenvalue weighted by molar-refractivity contribution is 7.91. The van der Waals surface area contributed by atoms with Gasteiger partial charge in [-0.3, -0.25) is 9.78 Å². The predicted molar refractivity (Wildman–Crippen MR) is 118 cm³/mol. The first-order valence-corrected chi connectivity index (χ1v) is 12.0. The molecule has 0 aliphatic carbocycles. The fourth-order valence-corrected chi connectivity index (χ4v) is 5.74. The molecule has 0 bridgehead atoms. The van der Waals surface area contributed by atoms with Crippen molar-refractivity contribution in [2.24, 2.45) is 0 Å². The second kappa shape index (κ2) is 7.86. The third-order valence-corrected chi connectivity index (χ3v) is 7.36. The maximum absolute atomic E-state index is 13.2. The third kappa shape index (κ3) is 3.77. The molecule has 1 atom stereocenters. The van der Waals surface area contributed by atoms with E-state index < -0.39 is 9.84 Å². The maximum Gasteiger partial charge on any atom is 0.252 e. The van der Waals surface area contributed by atoms with Gasteiger partial charge in [0.05, 0.1) is 40.5 Å². The number of aryl methyl sites for hydroxylation is 1. The first-order chi connectivity index (χ1) is 15.4. The van der Waals surface area contributed by atoms with Crippen molar-refractivity contribution in [3.8, 4) is 11.5 Å². The Bertz CT molecular complexity index is 1400. The zero-order valence-corrected chi connectivity index (χ0v) is 18.2. The zero-order chi connectivity index (χ0) is 22.3. The maximum atomic E-state index is 13.2. The molecular weight excluding hydrogens is 430 g/mol. The van der Waals surface area contributed by atoms with Gasteiger partial charge in [0.2, 0.25) is 0 Å². The lowest BCUT2D eigenvalue weighted by atomic mass is 10.1. The largest absolute Gasteiger partial charge is 0.463 e. The lowest BCUT2D eigenvalue weighted by molar-refractivity contribution is 0.0952. The second-order valence-corrected chi connectivity index (χ2v) is 10.1.